The highest BCUT2D eigenvalue weighted by Gasteiger charge is 2.11. The number of nitrogens with zero attached hydrogens (tertiary/aromatic N) is 3. The van der Waals surface area contributed by atoms with Crippen molar-refractivity contribution in [3.8, 4) is 0 Å². The Morgan fingerprint density at radius 3 is 2.86 bits per heavy atom. The molecule has 6 heteroatoms. The lowest BCUT2D eigenvalue weighted by atomic mass is 10.1. The molecule has 22 heavy (non-hydrogen) atoms. The fourth-order valence-electron chi connectivity index (χ4n) is 2.23. The van der Waals surface area contributed by atoms with Crippen LogP contribution in [0.4, 0.5) is 11.5 Å². The summed E-state index contributed by atoms with van der Waals surface area (Å²) in [4.78, 5) is 10.9. The first-order chi connectivity index (χ1) is 10.6. The molecule has 112 valence electrons. The Hall–Kier alpha value is -2.47. The molecule has 2 heterocycles. The number of aryl methyl sites for hydroxylation is 2. The number of nitrogen functional groups attached to an aromatic ring is 1. The summed E-state index contributed by atoms with van der Waals surface area (Å²) in [5, 5.41) is 5.47. The van der Waals surface area contributed by atoms with E-state index in [0.29, 0.717) is 0 Å². The van der Waals surface area contributed by atoms with Crippen molar-refractivity contribution in [1.82, 2.24) is 9.97 Å². The van der Waals surface area contributed by atoms with Crippen LogP contribution in [-0.2, 0) is 0 Å². The summed E-state index contributed by atoms with van der Waals surface area (Å²) in [5.41, 5.74) is 12.6. The maximum absolute atomic E-state index is 5.81. The smallest absolute Gasteiger partial charge is 0.158 e. The minimum atomic E-state index is 0.723. The molecule has 0 fully saturated rings. The first-order valence-corrected chi connectivity index (χ1v) is 7.75. The van der Waals surface area contributed by atoms with Crippen molar-refractivity contribution < 1.29 is 0 Å². The summed E-state index contributed by atoms with van der Waals surface area (Å²) in [5.74, 6) is 0.732. The lowest BCUT2D eigenvalue weighted by Crippen LogP contribution is -2.02. The van der Waals surface area contributed by atoms with Gasteiger partial charge in [0.15, 0.2) is 5.82 Å². The molecule has 0 saturated carbocycles. The molecule has 0 unspecified atom stereocenters. The minimum Gasteiger partial charge on any atom is -0.399 e. The van der Waals surface area contributed by atoms with E-state index in [-0.39, 0.29) is 0 Å². The molecule has 3 N–H and O–H groups in total. The van der Waals surface area contributed by atoms with Crippen molar-refractivity contribution in [2.24, 2.45) is 5.10 Å². The minimum absolute atomic E-state index is 0.723. The van der Waals surface area contributed by atoms with E-state index in [9.17, 15) is 0 Å². The van der Waals surface area contributed by atoms with Gasteiger partial charge in [0.1, 0.15) is 11.2 Å². The Labute approximate surface area is 132 Å². The van der Waals surface area contributed by atoms with Gasteiger partial charge in [-0.15, -0.1) is 11.3 Å². The summed E-state index contributed by atoms with van der Waals surface area (Å²) in [6, 6.07) is 7.65. The Morgan fingerprint density at radius 1 is 1.27 bits per heavy atom. The molecule has 3 aromatic rings. The predicted molar refractivity (Wildman–Crippen MR) is 93.6 cm³/mol. The first-order valence-electron chi connectivity index (χ1n) is 6.93. The zero-order valence-electron chi connectivity index (χ0n) is 12.7. The third kappa shape index (κ3) is 2.65. The SMILES string of the molecule is C/C(=N/Nc1ncnc2sc(C)c(C)c12)c1cccc(N)c1. The van der Waals surface area contributed by atoms with Crippen molar-refractivity contribution >= 4 is 38.8 Å². The van der Waals surface area contributed by atoms with Crippen LogP contribution in [0.15, 0.2) is 35.7 Å². The molecular formula is C16H17N5S. The number of anilines is 2. The normalized spacial score (nSPS) is 11.9. The van der Waals surface area contributed by atoms with Gasteiger partial charge in [0.05, 0.1) is 11.1 Å². The number of benzene rings is 1. The van der Waals surface area contributed by atoms with Gasteiger partial charge in [0, 0.05) is 10.6 Å². The summed E-state index contributed by atoms with van der Waals surface area (Å²) >= 11 is 1.67. The summed E-state index contributed by atoms with van der Waals surface area (Å²) in [7, 11) is 0. The number of hydrazone groups is 1. The van der Waals surface area contributed by atoms with Crippen LogP contribution in [0.1, 0.15) is 22.9 Å². The van der Waals surface area contributed by atoms with Gasteiger partial charge in [-0.1, -0.05) is 12.1 Å². The number of hydrogen-bond donors (Lipinski definition) is 2. The highest BCUT2D eigenvalue weighted by atomic mass is 32.1. The highest BCUT2D eigenvalue weighted by Crippen LogP contribution is 2.32. The number of rotatable bonds is 3. The quantitative estimate of drug-likeness (QED) is 0.439. The van der Waals surface area contributed by atoms with Gasteiger partial charge in [-0.2, -0.15) is 5.10 Å². The average Bonchev–Trinajstić information content (AvgIpc) is 2.80. The largest absolute Gasteiger partial charge is 0.399 e. The molecule has 0 bridgehead atoms. The zero-order valence-corrected chi connectivity index (χ0v) is 13.5. The second kappa shape index (κ2) is 5.73. The van der Waals surface area contributed by atoms with Gasteiger partial charge in [-0.25, -0.2) is 9.97 Å². The highest BCUT2D eigenvalue weighted by molar-refractivity contribution is 7.18. The molecule has 5 nitrogen and oxygen atoms in total. The fourth-order valence-corrected chi connectivity index (χ4v) is 3.23. The van der Waals surface area contributed by atoms with Gasteiger partial charge >= 0.3 is 0 Å². The number of nitrogens with one attached hydrogen (secondary N) is 1. The van der Waals surface area contributed by atoms with E-state index < -0.39 is 0 Å². The molecule has 0 atom stereocenters. The lowest BCUT2D eigenvalue weighted by Gasteiger charge is -2.05. The number of nitrogens with two attached hydrogens (primary N) is 1. The Kier molecular flexibility index (Phi) is 3.77. The van der Waals surface area contributed by atoms with Crippen LogP contribution in [-0.4, -0.2) is 15.7 Å². The summed E-state index contributed by atoms with van der Waals surface area (Å²) in [6.45, 7) is 6.11. The number of fused-ring (bicyclic) bond motifs is 1. The van der Waals surface area contributed by atoms with Crippen LogP contribution in [0, 0.1) is 13.8 Å². The van der Waals surface area contributed by atoms with E-state index in [0.717, 1.165) is 33.0 Å². The Morgan fingerprint density at radius 2 is 2.09 bits per heavy atom. The summed E-state index contributed by atoms with van der Waals surface area (Å²) in [6.07, 6.45) is 1.56. The van der Waals surface area contributed by atoms with E-state index in [4.69, 9.17) is 5.73 Å². The van der Waals surface area contributed by atoms with Crippen molar-refractivity contribution in [3.63, 3.8) is 0 Å². The topological polar surface area (TPSA) is 76.2 Å². The third-order valence-electron chi connectivity index (χ3n) is 3.60. The van der Waals surface area contributed by atoms with Crippen LogP contribution < -0.4 is 11.2 Å². The molecule has 2 aromatic heterocycles. The number of thiophene rings is 1. The van der Waals surface area contributed by atoms with E-state index in [1.807, 2.05) is 31.2 Å². The van der Waals surface area contributed by atoms with Crippen molar-refractivity contribution in [2.75, 3.05) is 11.2 Å². The molecule has 0 spiro atoms. The molecule has 0 amide bonds. The van der Waals surface area contributed by atoms with Crippen molar-refractivity contribution in [3.05, 3.63) is 46.6 Å². The van der Waals surface area contributed by atoms with Crippen LogP contribution in [0.5, 0.6) is 0 Å². The maximum Gasteiger partial charge on any atom is 0.158 e. The monoisotopic (exact) mass is 311 g/mol. The van der Waals surface area contributed by atoms with E-state index >= 15 is 0 Å². The number of hydrogen-bond acceptors (Lipinski definition) is 6. The fraction of sp³-hybridized carbons (Fsp3) is 0.188. The molecule has 0 aliphatic rings. The van der Waals surface area contributed by atoms with Gasteiger partial charge < -0.3 is 5.73 Å². The Bertz CT molecular complexity index is 866. The molecule has 0 saturated heterocycles. The van der Waals surface area contributed by atoms with Gasteiger partial charge in [0.25, 0.3) is 0 Å². The molecule has 0 aliphatic carbocycles. The van der Waals surface area contributed by atoms with Crippen LogP contribution in [0.2, 0.25) is 0 Å². The Balaban J connectivity index is 1.95. The predicted octanol–water partition coefficient (Wildman–Crippen LogP) is 3.73. The second-order valence-electron chi connectivity index (χ2n) is 5.12. The van der Waals surface area contributed by atoms with Crippen molar-refractivity contribution in [1.29, 1.82) is 0 Å². The standard InChI is InChI=1S/C16H17N5S/c1-9-11(3)22-16-14(9)15(18-8-19-16)21-20-10(2)12-5-4-6-13(17)7-12/h4-8H,17H2,1-3H3,(H,18,19,21)/b20-10-. The van der Waals surface area contributed by atoms with Crippen LogP contribution in [0.25, 0.3) is 10.2 Å². The molecule has 1 aromatic carbocycles. The van der Waals surface area contributed by atoms with Crippen LogP contribution >= 0.6 is 11.3 Å². The maximum atomic E-state index is 5.81. The average molecular weight is 311 g/mol. The van der Waals surface area contributed by atoms with Gasteiger partial charge in [-0.3, -0.25) is 5.43 Å². The van der Waals surface area contributed by atoms with E-state index in [1.54, 1.807) is 17.7 Å². The van der Waals surface area contributed by atoms with E-state index in [1.165, 1.54) is 10.4 Å². The molecule has 3 rings (SSSR count). The van der Waals surface area contributed by atoms with Gasteiger partial charge in [0.2, 0.25) is 0 Å². The third-order valence-corrected chi connectivity index (χ3v) is 4.71. The molecule has 0 aliphatic heterocycles. The summed E-state index contributed by atoms with van der Waals surface area (Å²) < 4.78 is 0. The van der Waals surface area contributed by atoms with Crippen molar-refractivity contribution in [2.45, 2.75) is 20.8 Å². The lowest BCUT2D eigenvalue weighted by molar-refractivity contribution is 1.18. The number of aromatic nitrogens is 2. The zero-order chi connectivity index (χ0) is 15.7. The first kappa shape index (κ1) is 14.5. The molecular weight excluding hydrogens is 294 g/mol. The van der Waals surface area contributed by atoms with Crippen LogP contribution in [0.3, 0.4) is 0 Å². The molecule has 0 radical (unpaired) electrons. The van der Waals surface area contributed by atoms with E-state index in [2.05, 4.69) is 34.3 Å². The second-order valence-corrected chi connectivity index (χ2v) is 6.32. The van der Waals surface area contributed by atoms with Gasteiger partial charge in [-0.05, 0) is 44.0 Å².